The van der Waals surface area contributed by atoms with Crippen LogP contribution >= 0.6 is 0 Å². The van der Waals surface area contributed by atoms with E-state index in [0.29, 0.717) is 13.2 Å². The topological polar surface area (TPSA) is 49.8 Å². The lowest BCUT2D eigenvalue weighted by molar-refractivity contribution is 0.0460. The lowest BCUT2D eigenvalue weighted by Gasteiger charge is -2.20. The summed E-state index contributed by atoms with van der Waals surface area (Å²) in [6.07, 6.45) is 2.02. The lowest BCUT2D eigenvalue weighted by Crippen LogP contribution is -2.32. The van der Waals surface area contributed by atoms with Crippen molar-refractivity contribution in [3.05, 3.63) is 0 Å². The molecule has 0 aliphatic heterocycles. The normalized spacial score (nSPS) is 16.1. The Morgan fingerprint density at radius 2 is 2.15 bits per heavy atom. The summed E-state index contributed by atoms with van der Waals surface area (Å²) in [6.45, 7) is 5.15. The largest absolute Gasteiger partial charge is 0.377 e. The van der Waals surface area contributed by atoms with Crippen molar-refractivity contribution in [3.8, 4) is 0 Å². The van der Waals surface area contributed by atoms with Crippen LogP contribution in [-0.4, -0.2) is 39.4 Å². The molecule has 0 aromatic heterocycles. The van der Waals surface area contributed by atoms with Gasteiger partial charge in [-0.1, -0.05) is 13.3 Å². The molecule has 0 aromatic carbocycles. The molecule has 0 saturated carbocycles. The summed E-state index contributed by atoms with van der Waals surface area (Å²) in [4.78, 5) is 0. The van der Waals surface area contributed by atoms with E-state index in [1.807, 2.05) is 6.92 Å². The van der Waals surface area contributed by atoms with Gasteiger partial charge >= 0.3 is 0 Å². The van der Waals surface area contributed by atoms with Crippen molar-refractivity contribution < 1.29 is 13.5 Å². The predicted octanol–water partition coefficient (Wildman–Crippen LogP) is 1.26. The molecule has 0 radical (unpaired) electrons. The van der Waals surface area contributed by atoms with Gasteiger partial charge in [0.05, 0.1) is 6.10 Å². The van der Waals surface area contributed by atoms with Gasteiger partial charge in [-0.15, -0.1) is 0 Å². The Labute approximate surface area is 82.7 Å². The first-order valence-electron chi connectivity index (χ1n) is 4.55. The summed E-state index contributed by atoms with van der Waals surface area (Å²) < 4.78 is 26.2. The van der Waals surface area contributed by atoms with Crippen molar-refractivity contribution in [2.45, 2.75) is 32.8 Å². The zero-order valence-corrected chi connectivity index (χ0v) is 9.34. The summed E-state index contributed by atoms with van der Waals surface area (Å²) in [5, 5.41) is 0. The van der Waals surface area contributed by atoms with Gasteiger partial charge in [-0.2, -0.15) is 0 Å². The van der Waals surface area contributed by atoms with Crippen LogP contribution in [0.5, 0.6) is 0 Å². The fourth-order valence-corrected chi connectivity index (χ4v) is 1.43. The molecule has 0 aliphatic rings. The molecule has 0 aliphatic carbocycles. The van der Waals surface area contributed by atoms with Crippen molar-refractivity contribution in [2.75, 3.05) is 20.2 Å². The molecule has 0 fully saturated rings. The second-order valence-electron chi connectivity index (χ2n) is 2.91. The third-order valence-corrected chi connectivity index (χ3v) is 2.42. The molecule has 0 aromatic rings. The second kappa shape index (κ2) is 7.44. The number of rotatable bonds is 7. The number of hydrogen-bond acceptors (Lipinski definition) is 2. The highest BCUT2D eigenvalue weighted by molar-refractivity contribution is 7.76. The quantitative estimate of drug-likeness (QED) is 0.642. The summed E-state index contributed by atoms with van der Waals surface area (Å²) in [6, 6.07) is 0. The number of nitrogens with zero attached hydrogens (tertiary/aromatic N) is 1. The van der Waals surface area contributed by atoms with E-state index in [1.165, 1.54) is 4.31 Å². The maximum absolute atomic E-state index is 10.6. The van der Waals surface area contributed by atoms with Gasteiger partial charge in [-0.25, -0.2) is 8.51 Å². The van der Waals surface area contributed by atoms with Gasteiger partial charge < -0.3 is 4.74 Å². The maximum Gasteiger partial charge on any atom is 0.234 e. The van der Waals surface area contributed by atoms with Crippen molar-refractivity contribution in [1.29, 1.82) is 0 Å². The van der Waals surface area contributed by atoms with Crippen LogP contribution in [0.3, 0.4) is 0 Å². The van der Waals surface area contributed by atoms with Crippen LogP contribution in [0.4, 0.5) is 0 Å². The first-order chi connectivity index (χ1) is 6.11. The molecular formula is C8H19NO3S. The van der Waals surface area contributed by atoms with Crippen molar-refractivity contribution in [2.24, 2.45) is 0 Å². The third kappa shape index (κ3) is 6.15. The van der Waals surface area contributed by atoms with Crippen LogP contribution < -0.4 is 0 Å². The fourth-order valence-electron chi connectivity index (χ4n) is 1.14. The zero-order chi connectivity index (χ0) is 10.3. The monoisotopic (exact) mass is 209 g/mol. The molecule has 1 unspecified atom stereocenters. The molecule has 0 rings (SSSR count). The lowest BCUT2D eigenvalue weighted by atomic mass is 10.2. The average Bonchev–Trinajstić information content (AvgIpc) is 2.05. The molecule has 0 saturated heterocycles. The van der Waals surface area contributed by atoms with Crippen LogP contribution in [0.15, 0.2) is 0 Å². The molecule has 80 valence electrons. The zero-order valence-electron chi connectivity index (χ0n) is 8.52. The Hall–Kier alpha value is 0.0300. The van der Waals surface area contributed by atoms with Crippen molar-refractivity contribution in [1.82, 2.24) is 4.31 Å². The number of hydrogen-bond donors (Lipinski definition) is 1. The molecule has 4 nitrogen and oxygen atoms in total. The SMILES string of the molecule is CCC[C@@H](CN(C)S(=O)O)OCC. The third-order valence-electron chi connectivity index (χ3n) is 1.74. The fraction of sp³-hybridized carbons (Fsp3) is 1.00. The Balaban J connectivity index is 3.85. The van der Waals surface area contributed by atoms with Crippen LogP contribution in [0.2, 0.25) is 0 Å². The van der Waals surface area contributed by atoms with Gasteiger partial charge in [0.15, 0.2) is 0 Å². The molecule has 13 heavy (non-hydrogen) atoms. The van der Waals surface area contributed by atoms with E-state index in [1.54, 1.807) is 7.05 Å². The van der Waals surface area contributed by atoms with Gasteiger partial charge in [0.2, 0.25) is 11.3 Å². The molecule has 2 atom stereocenters. The molecule has 0 heterocycles. The number of ether oxygens (including phenoxy) is 1. The first-order valence-corrected chi connectivity index (χ1v) is 5.61. The predicted molar refractivity (Wildman–Crippen MR) is 53.7 cm³/mol. The van der Waals surface area contributed by atoms with E-state index in [4.69, 9.17) is 9.29 Å². The molecule has 5 heteroatoms. The minimum Gasteiger partial charge on any atom is -0.377 e. The molecule has 0 spiro atoms. The first kappa shape index (κ1) is 13.0. The summed E-state index contributed by atoms with van der Waals surface area (Å²) in [5.74, 6) is 0. The Morgan fingerprint density at radius 3 is 2.54 bits per heavy atom. The summed E-state index contributed by atoms with van der Waals surface area (Å²) >= 11 is -1.88. The maximum atomic E-state index is 10.6. The summed E-state index contributed by atoms with van der Waals surface area (Å²) in [5.41, 5.74) is 0. The van der Waals surface area contributed by atoms with Gasteiger partial charge in [0.1, 0.15) is 0 Å². The van der Waals surface area contributed by atoms with Gasteiger partial charge in [-0.05, 0) is 13.3 Å². The van der Waals surface area contributed by atoms with Gasteiger partial charge in [0.25, 0.3) is 0 Å². The highest BCUT2D eigenvalue weighted by atomic mass is 32.2. The van der Waals surface area contributed by atoms with E-state index >= 15 is 0 Å². The van der Waals surface area contributed by atoms with Crippen molar-refractivity contribution in [3.63, 3.8) is 0 Å². The van der Waals surface area contributed by atoms with Crippen LogP contribution in [0.1, 0.15) is 26.7 Å². The average molecular weight is 209 g/mol. The van der Waals surface area contributed by atoms with E-state index in [9.17, 15) is 4.21 Å². The van der Waals surface area contributed by atoms with Crippen molar-refractivity contribution >= 4 is 11.3 Å². The molecule has 1 N–H and O–H groups in total. The van der Waals surface area contributed by atoms with Gasteiger partial charge in [0, 0.05) is 20.2 Å². The smallest absolute Gasteiger partial charge is 0.234 e. The van der Waals surface area contributed by atoms with E-state index in [-0.39, 0.29) is 6.10 Å². The second-order valence-corrected chi connectivity index (χ2v) is 3.99. The Morgan fingerprint density at radius 1 is 1.54 bits per heavy atom. The van der Waals surface area contributed by atoms with E-state index in [2.05, 4.69) is 6.92 Å². The van der Waals surface area contributed by atoms with Crippen LogP contribution in [-0.2, 0) is 16.0 Å². The number of likely N-dealkylation sites (N-methyl/N-ethyl adjacent to an activating group) is 1. The van der Waals surface area contributed by atoms with Crippen LogP contribution in [0, 0.1) is 0 Å². The standard InChI is InChI=1S/C8H19NO3S/c1-4-6-8(12-5-2)7-9(3)13(10)11/h8H,4-7H2,1-3H3,(H,10,11)/t8-/m0/s1. The van der Waals surface area contributed by atoms with Crippen LogP contribution in [0.25, 0.3) is 0 Å². The minimum atomic E-state index is -1.88. The highest BCUT2D eigenvalue weighted by Crippen LogP contribution is 2.04. The molecular weight excluding hydrogens is 190 g/mol. The Bertz CT molecular complexity index is 148. The Kier molecular flexibility index (Phi) is 7.45. The molecule has 0 bridgehead atoms. The summed E-state index contributed by atoms with van der Waals surface area (Å²) in [7, 11) is 1.61. The minimum absolute atomic E-state index is 0.0658. The van der Waals surface area contributed by atoms with E-state index < -0.39 is 11.3 Å². The highest BCUT2D eigenvalue weighted by Gasteiger charge is 2.13. The van der Waals surface area contributed by atoms with E-state index in [0.717, 1.165) is 12.8 Å². The van der Waals surface area contributed by atoms with Gasteiger partial charge in [-0.3, -0.25) is 4.55 Å². The molecule has 0 amide bonds.